The SMILES string of the molecule is C=CCNc1nccn1C1CCCC1. The molecule has 1 N–H and O–H groups in total. The lowest BCUT2D eigenvalue weighted by Crippen LogP contribution is -2.10. The van der Waals surface area contributed by atoms with Gasteiger partial charge in [-0.15, -0.1) is 6.58 Å². The van der Waals surface area contributed by atoms with Gasteiger partial charge in [-0.1, -0.05) is 18.9 Å². The molecule has 76 valence electrons. The van der Waals surface area contributed by atoms with Gasteiger partial charge in [0.05, 0.1) is 0 Å². The molecule has 0 amide bonds. The van der Waals surface area contributed by atoms with Gasteiger partial charge in [0.1, 0.15) is 0 Å². The van der Waals surface area contributed by atoms with Gasteiger partial charge in [-0.25, -0.2) is 4.98 Å². The lowest BCUT2D eigenvalue weighted by molar-refractivity contribution is 0.523. The minimum atomic E-state index is 0.657. The van der Waals surface area contributed by atoms with Crippen LogP contribution in [0, 0.1) is 0 Å². The van der Waals surface area contributed by atoms with Crippen LogP contribution in [-0.4, -0.2) is 16.1 Å². The second-order valence-corrected chi connectivity index (χ2v) is 3.77. The Morgan fingerprint density at radius 3 is 3.07 bits per heavy atom. The molecule has 0 bridgehead atoms. The summed E-state index contributed by atoms with van der Waals surface area (Å²) in [6.45, 7) is 4.47. The zero-order valence-electron chi connectivity index (χ0n) is 8.45. The molecule has 0 aromatic carbocycles. The topological polar surface area (TPSA) is 29.9 Å². The van der Waals surface area contributed by atoms with Crippen LogP contribution in [-0.2, 0) is 0 Å². The molecule has 3 nitrogen and oxygen atoms in total. The molecule has 1 aliphatic carbocycles. The molecule has 2 rings (SSSR count). The zero-order valence-corrected chi connectivity index (χ0v) is 8.45. The molecule has 1 aliphatic rings. The summed E-state index contributed by atoms with van der Waals surface area (Å²) < 4.78 is 2.26. The minimum Gasteiger partial charge on any atom is -0.352 e. The molecular formula is C11H17N3. The molecule has 0 radical (unpaired) electrons. The van der Waals surface area contributed by atoms with E-state index in [0.717, 1.165) is 12.5 Å². The first kappa shape index (κ1) is 9.31. The highest BCUT2D eigenvalue weighted by atomic mass is 15.2. The zero-order chi connectivity index (χ0) is 9.80. The van der Waals surface area contributed by atoms with Gasteiger partial charge < -0.3 is 9.88 Å². The van der Waals surface area contributed by atoms with Gasteiger partial charge in [-0.2, -0.15) is 0 Å². The van der Waals surface area contributed by atoms with Crippen molar-refractivity contribution in [2.45, 2.75) is 31.7 Å². The number of anilines is 1. The Hall–Kier alpha value is -1.25. The second-order valence-electron chi connectivity index (χ2n) is 3.77. The lowest BCUT2D eigenvalue weighted by Gasteiger charge is -2.14. The van der Waals surface area contributed by atoms with Crippen LogP contribution in [0.15, 0.2) is 25.0 Å². The predicted octanol–water partition coefficient (Wildman–Crippen LogP) is 2.60. The average molecular weight is 191 g/mol. The van der Waals surface area contributed by atoms with Crippen molar-refractivity contribution in [2.75, 3.05) is 11.9 Å². The Morgan fingerprint density at radius 2 is 2.36 bits per heavy atom. The van der Waals surface area contributed by atoms with Crippen LogP contribution in [0.4, 0.5) is 5.95 Å². The molecule has 0 saturated heterocycles. The van der Waals surface area contributed by atoms with Gasteiger partial charge in [-0.3, -0.25) is 0 Å². The van der Waals surface area contributed by atoms with Gasteiger partial charge in [0, 0.05) is 25.0 Å². The number of hydrogen-bond donors (Lipinski definition) is 1. The Kier molecular flexibility index (Phi) is 2.87. The van der Waals surface area contributed by atoms with Crippen molar-refractivity contribution in [2.24, 2.45) is 0 Å². The van der Waals surface area contributed by atoms with Crippen molar-refractivity contribution in [3.05, 3.63) is 25.0 Å². The standard InChI is InChI=1S/C11H17N3/c1-2-7-12-11-13-8-9-14(11)10-5-3-4-6-10/h2,8-10H,1,3-7H2,(H,12,13). The van der Waals surface area contributed by atoms with Crippen molar-refractivity contribution >= 4 is 5.95 Å². The monoisotopic (exact) mass is 191 g/mol. The number of nitrogens with one attached hydrogen (secondary N) is 1. The van der Waals surface area contributed by atoms with E-state index >= 15 is 0 Å². The number of aromatic nitrogens is 2. The maximum atomic E-state index is 4.30. The van der Waals surface area contributed by atoms with Crippen LogP contribution >= 0.6 is 0 Å². The molecule has 1 heterocycles. The smallest absolute Gasteiger partial charge is 0.203 e. The maximum Gasteiger partial charge on any atom is 0.203 e. The summed E-state index contributed by atoms with van der Waals surface area (Å²) in [4.78, 5) is 4.30. The van der Waals surface area contributed by atoms with E-state index in [9.17, 15) is 0 Å². The molecule has 0 spiro atoms. The van der Waals surface area contributed by atoms with Crippen molar-refractivity contribution in [3.63, 3.8) is 0 Å². The highest BCUT2D eigenvalue weighted by molar-refractivity contribution is 5.27. The van der Waals surface area contributed by atoms with E-state index in [4.69, 9.17) is 0 Å². The van der Waals surface area contributed by atoms with Crippen LogP contribution in [0.25, 0.3) is 0 Å². The first-order valence-electron chi connectivity index (χ1n) is 5.29. The van der Waals surface area contributed by atoms with Crippen molar-refractivity contribution in [1.82, 2.24) is 9.55 Å². The third kappa shape index (κ3) is 1.81. The number of imidazole rings is 1. The molecular weight excluding hydrogens is 174 g/mol. The van der Waals surface area contributed by atoms with Crippen molar-refractivity contribution in [1.29, 1.82) is 0 Å². The molecule has 1 aromatic rings. The lowest BCUT2D eigenvalue weighted by atomic mass is 10.2. The summed E-state index contributed by atoms with van der Waals surface area (Å²) in [6.07, 6.45) is 11.1. The van der Waals surface area contributed by atoms with Crippen molar-refractivity contribution < 1.29 is 0 Å². The van der Waals surface area contributed by atoms with Crippen LogP contribution in [0.2, 0.25) is 0 Å². The summed E-state index contributed by atoms with van der Waals surface area (Å²) in [5, 5.41) is 3.25. The van der Waals surface area contributed by atoms with E-state index in [1.807, 2.05) is 12.3 Å². The molecule has 1 saturated carbocycles. The highest BCUT2D eigenvalue weighted by Gasteiger charge is 2.18. The molecule has 3 heteroatoms. The van der Waals surface area contributed by atoms with Gasteiger partial charge in [-0.05, 0) is 12.8 Å². The second kappa shape index (κ2) is 4.31. The van der Waals surface area contributed by atoms with Crippen LogP contribution in [0.3, 0.4) is 0 Å². The van der Waals surface area contributed by atoms with E-state index in [2.05, 4.69) is 27.6 Å². The fourth-order valence-electron chi connectivity index (χ4n) is 2.09. The number of nitrogens with zero attached hydrogens (tertiary/aromatic N) is 2. The van der Waals surface area contributed by atoms with Gasteiger partial charge in [0.15, 0.2) is 0 Å². The van der Waals surface area contributed by atoms with Crippen LogP contribution < -0.4 is 5.32 Å². The summed E-state index contributed by atoms with van der Waals surface area (Å²) in [5.74, 6) is 0.983. The fraction of sp³-hybridized carbons (Fsp3) is 0.545. The van der Waals surface area contributed by atoms with Crippen molar-refractivity contribution in [3.8, 4) is 0 Å². The fourth-order valence-corrected chi connectivity index (χ4v) is 2.09. The molecule has 1 aromatic heterocycles. The highest BCUT2D eigenvalue weighted by Crippen LogP contribution is 2.31. The van der Waals surface area contributed by atoms with Gasteiger partial charge >= 0.3 is 0 Å². The Labute approximate surface area is 84.8 Å². The normalized spacial score (nSPS) is 17.1. The summed E-state index contributed by atoms with van der Waals surface area (Å²) >= 11 is 0. The summed E-state index contributed by atoms with van der Waals surface area (Å²) in [6, 6.07) is 0.657. The quantitative estimate of drug-likeness (QED) is 0.741. The number of hydrogen-bond acceptors (Lipinski definition) is 2. The third-order valence-corrected chi connectivity index (χ3v) is 2.79. The van der Waals surface area contributed by atoms with E-state index in [0.29, 0.717) is 6.04 Å². The van der Waals surface area contributed by atoms with E-state index < -0.39 is 0 Å². The molecule has 0 atom stereocenters. The van der Waals surface area contributed by atoms with Crippen LogP contribution in [0.1, 0.15) is 31.7 Å². The van der Waals surface area contributed by atoms with E-state index in [-0.39, 0.29) is 0 Å². The average Bonchev–Trinajstić information content (AvgIpc) is 2.84. The molecule has 1 fully saturated rings. The van der Waals surface area contributed by atoms with E-state index in [1.54, 1.807) is 0 Å². The van der Waals surface area contributed by atoms with Crippen LogP contribution in [0.5, 0.6) is 0 Å². The third-order valence-electron chi connectivity index (χ3n) is 2.79. The van der Waals surface area contributed by atoms with Gasteiger partial charge in [0.25, 0.3) is 0 Å². The Morgan fingerprint density at radius 1 is 1.57 bits per heavy atom. The Bertz CT molecular complexity index is 297. The largest absolute Gasteiger partial charge is 0.352 e. The summed E-state index contributed by atoms with van der Waals surface area (Å²) in [5.41, 5.74) is 0. The minimum absolute atomic E-state index is 0.657. The first-order valence-corrected chi connectivity index (χ1v) is 5.29. The maximum absolute atomic E-state index is 4.30. The molecule has 0 aliphatic heterocycles. The first-order chi connectivity index (χ1) is 6.92. The molecule has 0 unspecified atom stereocenters. The Balaban J connectivity index is 2.07. The molecule has 14 heavy (non-hydrogen) atoms. The predicted molar refractivity (Wildman–Crippen MR) is 58.4 cm³/mol. The summed E-state index contributed by atoms with van der Waals surface area (Å²) in [7, 11) is 0. The number of rotatable bonds is 4. The van der Waals surface area contributed by atoms with E-state index in [1.165, 1.54) is 25.7 Å². The van der Waals surface area contributed by atoms with Gasteiger partial charge in [0.2, 0.25) is 5.95 Å².